The van der Waals surface area contributed by atoms with Crippen LogP contribution in [0, 0.1) is 11.7 Å². The topological polar surface area (TPSA) is 55.4 Å². The SMILES string of the molecule is C=CCCS(=O)(=O)NCCCc1ccc(F)c(OCC2CC2)c1. The molecule has 0 radical (unpaired) electrons. The van der Waals surface area contributed by atoms with E-state index in [9.17, 15) is 12.8 Å². The van der Waals surface area contributed by atoms with Gasteiger partial charge in [0.2, 0.25) is 10.0 Å². The van der Waals surface area contributed by atoms with Gasteiger partial charge < -0.3 is 4.74 Å². The van der Waals surface area contributed by atoms with E-state index in [1.165, 1.54) is 6.07 Å². The molecule has 4 nitrogen and oxygen atoms in total. The Morgan fingerprint density at radius 3 is 2.87 bits per heavy atom. The Labute approximate surface area is 137 Å². The molecule has 0 unspecified atom stereocenters. The van der Waals surface area contributed by atoms with Crippen molar-refractivity contribution in [1.29, 1.82) is 0 Å². The first kappa shape index (κ1) is 17.9. The van der Waals surface area contributed by atoms with Crippen LogP contribution in [0.25, 0.3) is 0 Å². The first-order valence-corrected chi connectivity index (χ1v) is 9.65. The molecule has 1 N–H and O–H groups in total. The van der Waals surface area contributed by atoms with Gasteiger partial charge in [0.1, 0.15) is 0 Å². The van der Waals surface area contributed by atoms with Gasteiger partial charge in [0.05, 0.1) is 12.4 Å². The third kappa shape index (κ3) is 6.71. The van der Waals surface area contributed by atoms with E-state index in [1.54, 1.807) is 18.2 Å². The van der Waals surface area contributed by atoms with Gasteiger partial charge in [-0.1, -0.05) is 12.1 Å². The van der Waals surface area contributed by atoms with Crippen molar-refractivity contribution >= 4 is 10.0 Å². The van der Waals surface area contributed by atoms with Gasteiger partial charge in [0.25, 0.3) is 0 Å². The van der Waals surface area contributed by atoms with Crippen molar-refractivity contribution in [3.05, 3.63) is 42.2 Å². The van der Waals surface area contributed by atoms with E-state index in [2.05, 4.69) is 11.3 Å². The summed E-state index contributed by atoms with van der Waals surface area (Å²) in [6.07, 6.45) is 5.67. The maximum atomic E-state index is 13.7. The molecular weight excluding hydrogens is 317 g/mol. The predicted octanol–water partition coefficient (Wildman–Crippen LogP) is 3.04. The van der Waals surface area contributed by atoms with E-state index >= 15 is 0 Å². The molecule has 1 aromatic rings. The van der Waals surface area contributed by atoms with Crippen molar-refractivity contribution in [3.63, 3.8) is 0 Å². The summed E-state index contributed by atoms with van der Waals surface area (Å²) in [5, 5.41) is 0. The summed E-state index contributed by atoms with van der Waals surface area (Å²) in [5.74, 6) is 0.579. The zero-order valence-corrected chi connectivity index (χ0v) is 14.1. The van der Waals surface area contributed by atoms with Crippen LogP contribution in [0.5, 0.6) is 5.75 Å². The molecule has 0 heterocycles. The number of allylic oxidation sites excluding steroid dienone is 1. The second-order valence-electron chi connectivity index (χ2n) is 5.91. The van der Waals surface area contributed by atoms with Crippen LogP contribution < -0.4 is 9.46 Å². The van der Waals surface area contributed by atoms with Crippen LogP contribution in [-0.4, -0.2) is 27.3 Å². The van der Waals surface area contributed by atoms with Crippen LogP contribution in [0.4, 0.5) is 4.39 Å². The molecule has 6 heteroatoms. The number of aryl methyl sites for hydroxylation is 1. The summed E-state index contributed by atoms with van der Waals surface area (Å²) in [5.41, 5.74) is 0.947. The number of ether oxygens (including phenoxy) is 1. The third-order valence-corrected chi connectivity index (χ3v) is 5.14. The maximum Gasteiger partial charge on any atom is 0.211 e. The average molecular weight is 341 g/mol. The van der Waals surface area contributed by atoms with Gasteiger partial charge in [0, 0.05) is 6.54 Å². The highest BCUT2D eigenvalue weighted by Crippen LogP contribution is 2.30. The van der Waals surface area contributed by atoms with E-state index in [-0.39, 0.29) is 11.6 Å². The summed E-state index contributed by atoms with van der Waals surface area (Å²) in [6, 6.07) is 4.83. The Bertz CT molecular complexity index is 627. The number of nitrogens with one attached hydrogen (secondary N) is 1. The summed E-state index contributed by atoms with van der Waals surface area (Å²) < 4.78 is 45.0. The van der Waals surface area contributed by atoms with Crippen LogP contribution >= 0.6 is 0 Å². The summed E-state index contributed by atoms with van der Waals surface area (Å²) >= 11 is 0. The molecule has 1 aliphatic rings. The number of hydrogen-bond acceptors (Lipinski definition) is 3. The average Bonchev–Trinajstić information content (AvgIpc) is 3.34. The third-order valence-electron chi connectivity index (χ3n) is 3.72. The van der Waals surface area contributed by atoms with Gasteiger partial charge in [-0.2, -0.15) is 0 Å². The molecule has 1 fully saturated rings. The molecule has 1 saturated carbocycles. The zero-order chi connectivity index (χ0) is 16.7. The maximum absolute atomic E-state index is 13.7. The van der Waals surface area contributed by atoms with Crippen LogP contribution in [0.3, 0.4) is 0 Å². The minimum absolute atomic E-state index is 0.0617. The Morgan fingerprint density at radius 2 is 2.17 bits per heavy atom. The van der Waals surface area contributed by atoms with E-state index in [4.69, 9.17) is 4.74 Å². The van der Waals surface area contributed by atoms with Crippen molar-refractivity contribution in [2.45, 2.75) is 32.1 Å². The lowest BCUT2D eigenvalue weighted by Crippen LogP contribution is -2.27. The molecule has 1 aromatic carbocycles. The normalized spacial score (nSPS) is 14.7. The van der Waals surface area contributed by atoms with Crippen LogP contribution in [0.15, 0.2) is 30.9 Å². The molecule has 0 saturated heterocycles. The number of benzene rings is 1. The number of halogens is 1. The zero-order valence-electron chi connectivity index (χ0n) is 13.3. The van der Waals surface area contributed by atoms with Gasteiger partial charge in [-0.3, -0.25) is 0 Å². The first-order valence-electron chi connectivity index (χ1n) is 7.99. The van der Waals surface area contributed by atoms with E-state index < -0.39 is 10.0 Å². The van der Waals surface area contributed by atoms with Crippen molar-refractivity contribution in [2.24, 2.45) is 5.92 Å². The van der Waals surface area contributed by atoms with Gasteiger partial charge >= 0.3 is 0 Å². The molecule has 23 heavy (non-hydrogen) atoms. The molecule has 0 spiro atoms. The number of sulfonamides is 1. The molecule has 1 aliphatic carbocycles. The van der Waals surface area contributed by atoms with E-state index in [1.807, 2.05) is 0 Å². The molecule has 0 atom stereocenters. The van der Waals surface area contributed by atoms with Crippen LogP contribution in [-0.2, 0) is 16.4 Å². The van der Waals surface area contributed by atoms with Crippen molar-refractivity contribution < 1.29 is 17.5 Å². The molecule has 2 rings (SSSR count). The van der Waals surface area contributed by atoms with Crippen LogP contribution in [0.1, 0.15) is 31.2 Å². The number of rotatable bonds is 11. The standard InChI is InChI=1S/C17H24FNO3S/c1-2-3-11-23(20,21)19-10-4-5-14-8-9-16(18)17(12-14)22-13-15-6-7-15/h2,8-9,12,15,19H,1,3-7,10-11,13H2. The quantitative estimate of drug-likeness (QED) is 0.497. The van der Waals surface area contributed by atoms with Crippen LogP contribution in [0.2, 0.25) is 0 Å². The smallest absolute Gasteiger partial charge is 0.211 e. The van der Waals surface area contributed by atoms with Gasteiger partial charge in [0.15, 0.2) is 11.6 Å². The molecular formula is C17H24FNO3S. The fourth-order valence-corrected chi connectivity index (χ4v) is 3.21. The summed E-state index contributed by atoms with van der Waals surface area (Å²) in [4.78, 5) is 0. The fourth-order valence-electron chi connectivity index (χ4n) is 2.14. The van der Waals surface area contributed by atoms with E-state index in [0.29, 0.717) is 44.1 Å². The summed E-state index contributed by atoms with van der Waals surface area (Å²) in [7, 11) is -3.23. The highest BCUT2D eigenvalue weighted by molar-refractivity contribution is 7.89. The molecule has 0 bridgehead atoms. The highest BCUT2D eigenvalue weighted by Gasteiger charge is 2.22. The second-order valence-corrected chi connectivity index (χ2v) is 7.84. The largest absolute Gasteiger partial charge is 0.490 e. The Hall–Kier alpha value is -1.40. The molecule has 0 amide bonds. The Morgan fingerprint density at radius 1 is 1.39 bits per heavy atom. The van der Waals surface area contributed by atoms with E-state index in [0.717, 1.165) is 18.4 Å². The fraction of sp³-hybridized carbons (Fsp3) is 0.529. The summed E-state index contributed by atoms with van der Waals surface area (Å²) in [6.45, 7) is 4.45. The minimum atomic E-state index is -3.23. The second kappa shape index (κ2) is 8.45. The Kier molecular flexibility index (Phi) is 6.59. The van der Waals surface area contributed by atoms with Gasteiger partial charge in [-0.25, -0.2) is 17.5 Å². The molecule has 128 valence electrons. The lowest BCUT2D eigenvalue weighted by Gasteiger charge is -2.09. The Balaban J connectivity index is 1.76. The van der Waals surface area contributed by atoms with Gasteiger partial charge in [-0.15, -0.1) is 6.58 Å². The van der Waals surface area contributed by atoms with Crippen molar-refractivity contribution in [3.8, 4) is 5.75 Å². The molecule has 0 aliphatic heterocycles. The first-order chi connectivity index (χ1) is 11.0. The number of hydrogen-bond donors (Lipinski definition) is 1. The minimum Gasteiger partial charge on any atom is -0.490 e. The van der Waals surface area contributed by atoms with Gasteiger partial charge in [-0.05, 0) is 55.7 Å². The predicted molar refractivity (Wildman–Crippen MR) is 89.5 cm³/mol. The molecule has 0 aromatic heterocycles. The highest BCUT2D eigenvalue weighted by atomic mass is 32.2. The monoisotopic (exact) mass is 341 g/mol. The lowest BCUT2D eigenvalue weighted by molar-refractivity contribution is 0.285. The van der Waals surface area contributed by atoms with Crippen molar-refractivity contribution in [1.82, 2.24) is 4.72 Å². The lowest BCUT2D eigenvalue weighted by atomic mass is 10.1. The van der Waals surface area contributed by atoms with Crippen molar-refractivity contribution in [2.75, 3.05) is 18.9 Å².